The first-order valence-corrected chi connectivity index (χ1v) is 8.61. The maximum atomic E-state index is 13.8. The Morgan fingerprint density at radius 2 is 1.57 bits per heavy atom. The predicted molar refractivity (Wildman–Crippen MR) is 81.5 cm³/mol. The molecule has 0 spiro atoms. The highest BCUT2D eigenvalue weighted by atomic mass is 35.5. The van der Waals surface area contributed by atoms with Crippen molar-refractivity contribution in [2.24, 2.45) is 0 Å². The highest BCUT2D eigenvalue weighted by molar-refractivity contribution is 7.89. The van der Waals surface area contributed by atoms with Gasteiger partial charge in [0.25, 0.3) is 0 Å². The van der Waals surface area contributed by atoms with Gasteiger partial charge in [0, 0.05) is 37.3 Å². The van der Waals surface area contributed by atoms with Gasteiger partial charge in [-0.3, -0.25) is 0 Å². The summed E-state index contributed by atoms with van der Waals surface area (Å²) in [6, 6.07) is 0.937. The summed E-state index contributed by atoms with van der Waals surface area (Å²) < 4.78 is 66.6. The third-order valence-electron chi connectivity index (χ3n) is 4.56. The van der Waals surface area contributed by atoms with Gasteiger partial charge in [0.05, 0.1) is 0 Å². The van der Waals surface area contributed by atoms with Gasteiger partial charge in [-0.2, -0.15) is 4.31 Å². The smallest absolute Gasteiger partial charge is 0.248 e. The summed E-state index contributed by atoms with van der Waals surface area (Å²) in [5, 5.41) is 3.38. The molecule has 23 heavy (non-hydrogen) atoms. The Morgan fingerprint density at radius 1 is 1.09 bits per heavy atom. The molecule has 0 aromatic heterocycles. The third kappa shape index (κ3) is 3.35. The lowest BCUT2D eigenvalue weighted by Gasteiger charge is -2.34. The standard InChI is InChI=1S/C14H17F3N2O2S.ClH/c1-19(11-6-9-2-3-10(7-11)18-9)22(20,21)14-12(16)4-8(15)5-13(14)17;/h4-5,9-11,18H,2-3,6-7H2,1H3;1H. The number of fused-ring (bicyclic) bond motifs is 2. The average Bonchev–Trinajstić information content (AvgIpc) is 2.75. The van der Waals surface area contributed by atoms with Gasteiger partial charge in [-0.05, 0) is 25.7 Å². The predicted octanol–water partition coefficient (Wildman–Crippen LogP) is 2.43. The number of nitrogens with one attached hydrogen (secondary N) is 1. The SMILES string of the molecule is CN(C1CC2CCC(C1)N2)S(=O)(=O)c1c(F)cc(F)cc1F.Cl. The Kier molecular flexibility index (Phi) is 5.30. The van der Waals surface area contributed by atoms with Crippen LogP contribution in [0.2, 0.25) is 0 Å². The van der Waals surface area contributed by atoms with Crippen molar-refractivity contribution in [1.29, 1.82) is 0 Å². The van der Waals surface area contributed by atoms with E-state index in [1.165, 1.54) is 7.05 Å². The molecule has 2 heterocycles. The lowest BCUT2D eigenvalue weighted by molar-refractivity contribution is 0.250. The van der Waals surface area contributed by atoms with Crippen LogP contribution in [-0.2, 0) is 10.0 Å². The summed E-state index contributed by atoms with van der Waals surface area (Å²) in [6.45, 7) is 0. The summed E-state index contributed by atoms with van der Waals surface area (Å²) in [6.07, 6.45) is 3.18. The number of rotatable bonds is 3. The van der Waals surface area contributed by atoms with Crippen molar-refractivity contribution in [2.45, 2.75) is 48.7 Å². The molecular formula is C14H18ClF3N2O2S. The lowest BCUT2D eigenvalue weighted by atomic mass is 10.0. The minimum absolute atomic E-state index is 0. The van der Waals surface area contributed by atoms with E-state index in [-0.39, 0.29) is 30.5 Å². The van der Waals surface area contributed by atoms with Gasteiger partial charge in [-0.25, -0.2) is 21.6 Å². The fourth-order valence-corrected chi connectivity index (χ4v) is 4.90. The second kappa shape index (κ2) is 6.58. The van der Waals surface area contributed by atoms with Gasteiger partial charge in [0.1, 0.15) is 17.5 Å². The van der Waals surface area contributed by atoms with Crippen LogP contribution in [0.4, 0.5) is 13.2 Å². The van der Waals surface area contributed by atoms with Crippen molar-refractivity contribution in [3.05, 3.63) is 29.6 Å². The van der Waals surface area contributed by atoms with Gasteiger partial charge < -0.3 is 5.32 Å². The topological polar surface area (TPSA) is 49.4 Å². The van der Waals surface area contributed by atoms with Gasteiger partial charge in [0.15, 0.2) is 4.90 Å². The Labute approximate surface area is 139 Å². The first kappa shape index (κ1) is 18.5. The van der Waals surface area contributed by atoms with Crippen molar-refractivity contribution in [2.75, 3.05) is 7.05 Å². The monoisotopic (exact) mass is 370 g/mol. The molecule has 0 saturated carbocycles. The number of nitrogens with zero attached hydrogens (tertiary/aromatic N) is 1. The number of benzene rings is 1. The largest absolute Gasteiger partial charge is 0.311 e. The van der Waals surface area contributed by atoms with Crippen LogP contribution in [0.5, 0.6) is 0 Å². The third-order valence-corrected chi connectivity index (χ3v) is 6.52. The molecule has 4 nitrogen and oxygen atoms in total. The number of halogens is 4. The lowest BCUT2D eigenvalue weighted by Crippen LogP contribution is -2.48. The van der Waals surface area contributed by atoms with Gasteiger partial charge in [-0.1, -0.05) is 0 Å². The van der Waals surface area contributed by atoms with Crippen molar-refractivity contribution in [3.63, 3.8) is 0 Å². The Bertz CT molecular complexity index is 666. The maximum absolute atomic E-state index is 13.8. The van der Waals surface area contributed by atoms with Gasteiger partial charge in [-0.15, -0.1) is 12.4 Å². The molecule has 0 aliphatic carbocycles. The molecule has 1 N–H and O–H groups in total. The normalized spacial score (nSPS) is 27.1. The number of piperidine rings is 1. The fourth-order valence-electron chi connectivity index (χ4n) is 3.44. The van der Waals surface area contributed by atoms with Crippen molar-refractivity contribution < 1.29 is 21.6 Å². The Balaban J connectivity index is 0.00000192. The van der Waals surface area contributed by atoms with E-state index in [0.29, 0.717) is 25.0 Å². The number of sulfonamides is 1. The van der Waals surface area contributed by atoms with E-state index in [9.17, 15) is 21.6 Å². The van der Waals surface area contributed by atoms with Crippen LogP contribution in [0, 0.1) is 17.5 Å². The molecule has 2 aliphatic heterocycles. The molecule has 1 aromatic rings. The fraction of sp³-hybridized carbons (Fsp3) is 0.571. The zero-order valence-corrected chi connectivity index (χ0v) is 14.1. The zero-order valence-electron chi connectivity index (χ0n) is 12.4. The molecule has 2 atom stereocenters. The molecule has 2 fully saturated rings. The average molecular weight is 371 g/mol. The van der Waals surface area contributed by atoms with Gasteiger partial charge in [0.2, 0.25) is 10.0 Å². The summed E-state index contributed by atoms with van der Waals surface area (Å²) in [5.74, 6) is -3.95. The minimum Gasteiger partial charge on any atom is -0.311 e. The molecule has 2 unspecified atom stereocenters. The molecular weight excluding hydrogens is 353 g/mol. The molecule has 2 aliphatic rings. The van der Waals surface area contributed by atoms with E-state index in [1.54, 1.807) is 0 Å². The highest BCUT2D eigenvalue weighted by Gasteiger charge is 2.40. The summed E-state index contributed by atoms with van der Waals surface area (Å²) in [7, 11) is -3.02. The van der Waals surface area contributed by atoms with Crippen LogP contribution in [-0.4, -0.2) is 37.9 Å². The molecule has 2 bridgehead atoms. The summed E-state index contributed by atoms with van der Waals surface area (Å²) >= 11 is 0. The molecule has 3 rings (SSSR count). The van der Waals surface area contributed by atoms with E-state index >= 15 is 0 Å². The van der Waals surface area contributed by atoms with Crippen LogP contribution < -0.4 is 5.32 Å². The van der Waals surface area contributed by atoms with Crippen LogP contribution in [0.25, 0.3) is 0 Å². The molecule has 1 aromatic carbocycles. The molecule has 9 heteroatoms. The van der Waals surface area contributed by atoms with Crippen LogP contribution >= 0.6 is 12.4 Å². The molecule has 2 saturated heterocycles. The van der Waals surface area contributed by atoms with Gasteiger partial charge >= 0.3 is 0 Å². The number of hydrogen-bond acceptors (Lipinski definition) is 3. The Morgan fingerprint density at radius 3 is 2.04 bits per heavy atom. The first-order valence-electron chi connectivity index (χ1n) is 7.17. The summed E-state index contributed by atoms with van der Waals surface area (Å²) in [5.41, 5.74) is 0. The molecule has 0 amide bonds. The van der Waals surface area contributed by atoms with Crippen LogP contribution in [0.15, 0.2) is 17.0 Å². The van der Waals surface area contributed by atoms with Crippen molar-refractivity contribution in [3.8, 4) is 0 Å². The first-order chi connectivity index (χ1) is 10.3. The zero-order chi connectivity index (χ0) is 16.1. The van der Waals surface area contributed by atoms with Crippen LogP contribution in [0.3, 0.4) is 0 Å². The van der Waals surface area contributed by atoms with Crippen LogP contribution in [0.1, 0.15) is 25.7 Å². The Hall–Kier alpha value is -0.830. The minimum atomic E-state index is -4.35. The maximum Gasteiger partial charge on any atom is 0.248 e. The van der Waals surface area contributed by atoms with E-state index in [2.05, 4.69) is 5.32 Å². The van der Waals surface area contributed by atoms with E-state index in [4.69, 9.17) is 0 Å². The van der Waals surface area contributed by atoms with Crippen molar-refractivity contribution in [1.82, 2.24) is 9.62 Å². The van der Waals surface area contributed by atoms with E-state index in [0.717, 1.165) is 17.1 Å². The second-order valence-electron chi connectivity index (χ2n) is 5.98. The quantitative estimate of drug-likeness (QED) is 0.889. The van der Waals surface area contributed by atoms with Crippen molar-refractivity contribution >= 4 is 22.4 Å². The summed E-state index contributed by atoms with van der Waals surface area (Å²) in [4.78, 5) is -1.08. The van der Waals surface area contributed by atoms with E-state index < -0.39 is 32.4 Å². The molecule has 0 radical (unpaired) electrons. The molecule has 130 valence electrons. The second-order valence-corrected chi connectivity index (χ2v) is 7.92. The highest BCUT2D eigenvalue weighted by Crippen LogP contribution is 2.32. The number of hydrogen-bond donors (Lipinski definition) is 1. The van der Waals surface area contributed by atoms with E-state index in [1.807, 2.05) is 0 Å².